The number of carboxylic acid groups (broad SMARTS) is 1. The molecule has 1 rings (SSSR count). The first-order chi connectivity index (χ1) is 19.3. The number of imidazole rings is 1. The number of amides is 3. The summed E-state index contributed by atoms with van der Waals surface area (Å²) < 4.78 is 0. The number of aromatic nitrogens is 2. The van der Waals surface area contributed by atoms with Gasteiger partial charge in [-0.05, 0) is 38.0 Å². The molecule has 17 nitrogen and oxygen atoms in total. The Morgan fingerprint density at radius 1 is 0.878 bits per heavy atom. The molecule has 1 aromatic rings. The topological polar surface area (TPSA) is 308 Å². The number of carbonyl (C=O) groups excluding carboxylic acids is 3. The van der Waals surface area contributed by atoms with E-state index in [-0.39, 0.29) is 56.6 Å². The molecule has 230 valence electrons. The quantitative estimate of drug-likeness (QED) is 0.0445. The van der Waals surface area contributed by atoms with Crippen LogP contribution in [-0.4, -0.2) is 87.9 Å². The van der Waals surface area contributed by atoms with Crippen molar-refractivity contribution in [2.24, 2.45) is 44.6 Å². The highest BCUT2D eigenvalue weighted by molar-refractivity contribution is 5.94. The molecule has 0 saturated carbocycles. The summed E-state index contributed by atoms with van der Waals surface area (Å²) in [7, 11) is 0. The van der Waals surface area contributed by atoms with Crippen LogP contribution in [0, 0.1) is 5.92 Å². The first-order valence-electron chi connectivity index (χ1n) is 13.3. The standard InChI is InChI=1S/C24H44N12O5/c1-13(2)9-15(25)19(37)34-16(5-3-7-31-23(26)27)20(38)36-18(10-14-11-30-12-33-14)21(39)35-17(22(40)41)6-4-8-32-24(28)29/h11-13,15-18H,3-10,25H2,1-2H3,(H,30,33)(H,34,37)(H,35,39)(H,36,38)(H,40,41)(H4,26,27,31)(H4,28,29,32). The van der Waals surface area contributed by atoms with Crippen molar-refractivity contribution in [1.29, 1.82) is 0 Å². The van der Waals surface area contributed by atoms with Crippen molar-refractivity contribution in [3.63, 3.8) is 0 Å². The first-order valence-corrected chi connectivity index (χ1v) is 13.3. The SMILES string of the molecule is CC(C)CC(N)C(=O)NC(CCCN=C(N)N)C(=O)NC(Cc1cnc[nH]1)C(=O)NC(CCCN=C(N)N)C(=O)O. The fraction of sp³-hybridized carbons (Fsp3) is 0.625. The van der Waals surface area contributed by atoms with Gasteiger partial charge in [-0.1, -0.05) is 13.8 Å². The lowest BCUT2D eigenvalue weighted by molar-refractivity contribution is -0.142. The monoisotopic (exact) mass is 580 g/mol. The third-order valence-electron chi connectivity index (χ3n) is 5.81. The molecule has 0 aromatic carbocycles. The Kier molecular flexibility index (Phi) is 15.2. The van der Waals surface area contributed by atoms with Gasteiger partial charge in [0.2, 0.25) is 17.7 Å². The molecule has 0 spiro atoms. The molecular formula is C24H44N12O5. The number of rotatable bonds is 19. The van der Waals surface area contributed by atoms with Crippen LogP contribution in [0.3, 0.4) is 0 Å². The summed E-state index contributed by atoms with van der Waals surface area (Å²) in [6.45, 7) is 4.21. The Labute approximate surface area is 238 Å². The van der Waals surface area contributed by atoms with E-state index in [1.165, 1.54) is 12.5 Å². The van der Waals surface area contributed by atoms with Crippen LogP contribution in [0.25, 0.3) is 0 Å². The zero-order valence-electron chi connectivity index (χ0n) is 23.5. The normalized spacial score (nSPS) is 13.8. The minimum Gasteiger partial charge on any atom is -0.480 e. The average molecular weight is 581 g/mol. The van der Waals surface area contributed by atoms with Gasteiger partial charge in [-0.3, -0.25) is 24.4 Å². The smallest absolute Gasteiger partial charge is 0.326 e. The number of aliphatic carboxylic acids is 1. The van der Waals surface area contributed by atoms with E-state index < -0.39 is 47.9 Å². The number of nitrogens with zero attached hydrogens (tertiary/aromatic N) is 3. The van der Waals surface area contributed by atoms with Crippen molar-refractivity contribution in [3.05, 3.63) is 18.2 Å². The van der Waals surface area contributed by atoms with Crippen LogP contribution in [0.5, 0.6) is 0 Å². The molecule has 3 amide bonds. The van der Waals surface area contributed by atoms with Gasteiger partial charge in [0.1, 0.15) is 18.1 Å². The molecule has 0 fully saturated rings. The Balaban J connectivity index is 3.08. The summed E-state index contributed by atoms with van der Waals surface area (Å²) >= 11 is 0. The third kappa shape index (κ3) is 14.5. The second-order valence-corrected chi connectivity index (χ2v) is 9.94. The highest BCUT2D eigenvalue weighted by Crippen LogP contribution is 2.07. The fourth-order valence-electron chi connectivity index (χ4n) is 3.80. The third-order valence-corrected chi connectivity index (χ3v) is 5.81. The van der Waals surface area contributed by atoms with Gasteiger partial charge in [0.25, 0.3) is 0 Å². The van der Waals surface area contributed by atoms with E-state index in [1.54, 1.807) is 0 Å². The lowest BCUT2D eigenvalue weighted by Gasteiger charge is -2.25. The summed E-state index contributed by atoms with van der Waals surface area (Å²) in [5.74, 6) is -3.30. The van der Waals surface area contributed by atoms with Crippen LogP contribution in [0.1, 0.15) is 51.6 Å². The molecular weight excluding hydrogens is 536 g/mol. The van der Waals surface area contributed by atoms with Crippen LogP contribution in [0.4, 0.5) is 0 Å². The molecule has 0 bridgehead atoms. The molecule has 0 aliphatic carbocycles. The van der Waals surface area contributed by atoms with Crippen molar-refractivity contribution >= 4 is 35.6 Å². The molecule has 1 heterocycles. The van der Waals surface area contributed by atoms with E-state index in [0.29, 0.717) is 18.5 Å². The van der Waals surface area contributed by atoms with Crippen LogP contribution >= 0.6 is 0 Å². The van der Waals surface area contributed by atoms with Crippen LogP contribution < -0.4 is 44.6 Å². The van der Waals surface area contributed by atoms with E-state index in [0.717, 1.165) is 0 Å². The Morgan fingerprint density at radius 3 is 1.88 bits per heavy atom. The van der Waals surface area contributed by atoms with Crippen molar-refractivity contribution in [3.8, 4) is 0 Å². The maximum atomic E-state index is 13.4. The Bertz CT molecular complexity index is 1040. The van der Waals surface area contributed by atoms with Gasteiger partial charge >= 0.3 is 5.97 Å². The fourth-order valence-corrected chi connectivity index (χ4v) is 3.80. The van der Waals surface area contributed by atoms with Crippen LogP contribution in [-0.2, 0) is 25.6 Å². The average Bonchev–Trinajstić information content (AvgIpc) is 3.39. The molecule has 0 aliphatic rings. The maximum Gasteiger partial charge on any atom is 0.326 e. The van der Waals surface area contributed by atoms with E-state index in [1.807, 2.05) is 13.8 Å². The van der Waals surface area contributed by atoms with Crippen LogP contribution in [0.2, 0.25) is 0 Å². The number of carboxylic acids is 1. The lowest BCUT2D eigenvalue weighted by Crippen LogP contribution is -2.57. The van der Waals surface area contributed by atoms with E-state index >= 15 is 0 Å². The van der Waals surface area contributed by atoms with Gasteiger partial charge in [-0.2, -0.15) is 0 Å². The molecule has 15 N–H and O–H groups in total. The molecule has 17 heteroatoms. The number of aliphatic imine (C=N–C) groups is 2. The predicted molar refractivity (Wildman–Crippen MR) is 153 cm³/mol. The van der Waals surface area contributed by atoms with Crippen molar-refractivity contribution < 1.29 is 24.3 Å². The summed E-state index contributed by atoms with van der Waals surface area (Å²) in [6.07, 6.45) is 4.05. The zero-order valence-corrected chi connectivity index (χ0v) is 23.5. The minimum absolute atomic E-state index is 0.0283. The number of nitrogens with two attached hydrogens (primary N) is 5. The van der Waals surface area contributed by atoms with Crippen molar-refractivity contribution in [2.75, 3.05) is 13.1 Å². The molecule has 4 unspecified atom stereocenters. The molecule has 1 aromatic heterocycles. The second kappa shape index (κ2) is 18.0. The van der Waals surface area contributed by atoms with Crippen molar-refractivity contribution in [1.82, 2.24) is 25.9 Å². The number of hydrogen-bond acceptors (Lipinski definition) is 8. The predicted octanol–water partition coefficient (Wildman–Crippen LogP) is -3.03. The Hall–Kier alpha value is -4.41. The number of carbonyl (C=O) groups is 4. The number of guanidine groups is 2. The van der Waals surface area contributed by atoms with Gasteiger partial charge in [-0.25, -0.2) is 9.78 Å². The summed E-state index contributed by atoms with van der Waals surface area (Å²) in [5, 5.41) is 17.4. The zero-order chi connectivity index (χ0) is 30.9. The molecule has 4 atom stereocenters. The number of hydrogen-bond donors (Lipinski definition) is 10. The van der Waals surface area contributed by atoms with E-state index in [9.17, 15) is 24.3 Å². The molecule has 41 heavy (non-hydrogen) atoms. The number of H-pyrrole nitrogens is 1. The first kappa shape index (κ1) is 34.6. The van der Waals surface area contributed by atoms with E-state index in [2.05, 4.69) is 35.9 Å². The Morgan fingerprint density at radius 2 is 1.39 bits per heavy atom. The summed E-state index contributed by atoms with van der Waals surface area (Å²) in [5.41, 5.74) is 27.8. The number of aromatic amines is 1. The largest absolute Gasteiger partial charge is 0.480 e. The van der Waals surface area contributed by atoms with Gasteiger partial charge in [0, 0.05) is 31.4 Å². The molecule has 0 aliphatic heterocycles. The molecule has 0 radical (unpaired) electrons. The maximum absolute atomic E-state index is 13.4. The van der Waals surface area contributed by atoms with Gasteiger partial charge in [0.05, 0.1) is 12.4 Å². The lowest BCUT2D eigenvalue weighted by atomic mass is 10.0. The van der Waals surface area contributed by atoms with E-state index in [4.69, 9.17) is 28.7 Å². The second-order valence-electron chi connectivity index (χ2n) is 9.94. The minimum atomic E-state index is -1.27. The summed E-state index contributed by atoms with van der Waals surface area (Å²) in [4.78, 5) is 65.6. The van der Waals surface area contributed by atoms with Gasteiger partial charge in [-0.15, -0.1) is 0 Å². The highest BCUT2D eigenvalue weighted by Gasteiger charge is 2.30. The van der Waals surface area contributed by atoms with Crippen molar-refractivity contribution in [2.45, 2.75) is 76.5 Å². The van der Waals surface area contributed by atoms with Gasteiger partial charge < -0.3 is 54.7 Å². The highest BCUT2D eigenvalue weighted by atomic mass is 16.4. The molecule has 0 saturated heterocycles. The number of nitrogens with one attached hydrogen (secondary N) is 4. The van der Waals surface area contributed by atoms with Gasteiger partial charge in [0.15, 0.2) is 11.9 Å². The summed E-state index contributed by atoms with van der Waals surface area (Å²) in [6, 6.07) is -4.38. The van der Waals surface area contributed by atoms with Crippen LogP contribution in [0.15, 0.2) is 22.5 Å².